The molecule has 1 aromatic heterocycles. The lowest BCUT2D eigenvalue weighted by Crippen LogP contribution is -2.37. The molecule has 1 aliphatic heterocycles. The van der Waals surface area contributed by atoms with Crippen LogP contribution in [-0.4, -0.2) is 56.8 Å². The standard InChI is InChI=1S/C17H20N2O5S/c1-23-14-6-2-3-8-16(14)25(21,22)19-10-5-9-18(11-12-19)17(20)15-7-4-13-24-15/h2-4,6-8,13H,5,9-12H2,1H3. The summed E-state index contributed by atoms with van der Waals surface area (Å²) in [7, 11) is -2.24. The summed E-state index contributed by atoms with van der Waals surface area (Å²) in [6.45, 7) is 1.38. The average Bonchev–Trinajstić information content (AvgIpc) is 3.05. The number of ether oxygens (including phenoxy) is 1. The SMILES string of the molecule is COc1ccccc1S(=O)(=O)N1CCCN(C(=O)c2ccco2)CC1. The zero-order valence-corrected chi connectivity index (χ0v) is 14.7. The lowest BCUT2D eigenvalue weighted by atomic mass is 10.3. The Hall–Kier alpha value is -2.32. The molecule has 0 bridgehead atoms. The molecule has 1 saturated heterocycles. The molecule has 1 fully saturated rings. The summed E-state index contributed by atoms with van der Waals surface area (Å²) in [5.41, 5.74) is 0. The molecule has 2 heterocycles. The van der Waals surface area contributed by atoms with Gasteiger partial charge < -0.3 is 14.1 Å². The van der Waals surface area contributed by atoms with Crippen molar-refractivity contribution in [2.75, 3.05) is 33.3 Å². The van der Waals surface area contributed by atoms with Crippen LogP contribution in [-0.2, 0) is 10.0 Å². The Morgan fingerprint density at radius 3 is 2.60 bits per heavy atom. The first-order valence-corrected chi connectivity index (χ1v) is 9.44. The second-order valence-electron chi connectivity index (χ2n) is 5.68. The molecule has 0 spiro atoms. The smallest absolute Gasteiger partial charge is 0.289 e. The molecule has 0 N–H and O–H groups in total. The molecule has 0 saturated carbocycles. The van der Waals surface area contributed by atoms with Crippen molar-refractivity contribution in [1.82, 2.24) is 9.21 Å². The zero-order valence-electron chi connectivity index (χ0n) is 13.9. The Morgan fingerprint density at radius 1 is 1.08 bits per heavy atom. The Kier molecular flexibility index (Phi) is 5.10. The molecule has 0 unspecified atom stereocenters. The van der Waals surface area contributed by atoms with Gasteiger partial charge in [0.1, 0.15) is 10.6 Å². The fourth-order valence-electron chi connectivity index (χ4n) is 2.86. The summed E-state index contributed by atoms with van der Waals surface area (Å²) in [4.78, 5) is 14.1. The molecule has 1 aromatic carbocycles. The van der Waals surface area contributed by atoms with Gasteiger partial charge in [0.25, 0.3) is 5.91 Å². The third-order valence-electron chi connectivity index (χ3n) is 4.16. The highest BCUT2D eigenvalue weighted by Gasteiger charge is 2.30. The fourth-order valence-corrected chi connectivity index (χ4v) is 4.49. The molecule has 2 aromatic rings. The van der Waals surface area contributed by atoms with E-state index in [1.54, 1.807) is 35.2 Å². The zero-order chi connectivity index (χ0) is 17.9. The number of amides is 1. The minimum atomic E-state index is -3.68. The Morgan fingerprint density at radius 2 is 1.88 bits per heavy atom. The van der Waals surface area contributed by atoms with Crippen LogP contribution >= 0.6 is 0 Å². The van der Waals surface area contributed by atoms with E-state index in [9.17, 15) is 13.2 Å². The number of sulfonamides is 1. The van der Waals surface area contributed by atoms with Crippen molar-refractivity contribution < 1.29 is 22.4 Å². The van der Waals surface area contributed by atoms with E-state index in [2.05, 4.69) is 0 Å². The first-order chi connectivity index (χ1) is 12.0. The maximum atomic E-state index is 12.9. The van der Waals surface area contributed by atoms with E-state index in [0.717, 1.165) is 0 Å². The summed E-state index contributed by atoms with van der Waals surface area (Å²) in [5, 5.41) is 0. The number of hydrogen-bond acceptors (Lipinski definition) is 5. The molecule has 134 valence electrons. The summed E-state index contributed by atoms with van der Waals surface area (Å²) >= 11 is 0. The van der Waals surface area contributed by atoms with Crippen molar-refractivity contribution in [1.29, 1.82) is 0 Å². The number of nitrogens with zero attached hydrogens (tertiary/aromatic N) is 2. The lowest BCUT2D eigenvalue weighted by molar-refractivity contribution is 0.0732. The number of methoxy groups -OCH3 is 1. The minimum absolute atomic E-state index is 0.142. The monoisotopic (exact) mass is 364 g/mol. The predicted molar refractivity (Wildman–Crippen MR) is 91.0 cm³/mol. The van der Waals surface area contributed by atoms with Gasteiger partial charge in [-0.3, -0.25) is 4.79 Å². The molecule has 0 atom stereocenters. The van der Waals surface area contributed by atoms with Gasteiger partial charge in [0.2, 0.25) is 10.0 Å². The number of carbonyl (C=O) groups excluding carboxylic acids is 1. The van der Waals surface area contributed by atoms with Gasteiger partial charge in [0.15, 0.2) is 5.76 Å². The molecule has 3 rings (SSSR count). The third kappa shape index (κ3) is 3.54. The molecule has 1 amide bonds. The second-order valence-corrected chi connectivity index (χ2v) is 7.58. The lowest BCUT2D eigenvalue weighted by Gasteiger charge is -2.22. The summed E-state index contributed by atoms with van der Waals surface area (Å²) in [6, 6.07) is 9.81. The molecule has 7 nitrogen and oxygen atoms in total. The van der Waals surface area contributed by atoms with Crippen LogP contribution in [0.25, 0.3) is 0 Å². The average molecular weight is 364 g/mol. The van der Waals surface area contributed by atoms with Crippen LogP contribution < -0.4 is 4.74 Å². The highest BCUT2D eigenvalue weighted by atomic mass is 32.2. The minimum Gasteiger partial charge on any atom is -0.495 e. The Labute approximate surface area is 146 Å². The Balaban J connectivity index is 1.77. The number of para-hydroxylation sites is 1. The van der Waals surface area contributed by atoms with Crippen LogP contribution in [0.15, 0.2) is 52.0 Å². The molecule has 1 aliphatic rings. The highest BCUT2D eigenvalue weighted by molar-refractivity contribution is 7.89. The largest absolute Gasteiger partial charge is 0.495 e. The van der Waals surface area contributed by atoms with E-state index < -0.39 is 10.0 Å². The van der Waals surface area contributed by atoms with E-state index in [1.165, 1.54) is 23.7 Å². The van der Waals surface area contributed by atoms with Gasteiger partial charge in [-0.05, 0) is 30.7 Å². The van der Waals surface area contributed by atoms with Gasteiger partial charge in [-0.2, -0.15) is 4.31 Å². The fraction of sp³-hybridized carbons (Fsp3) is 0.353. The van der Waals surface area contributed by atoms with E-state index >= 15 is 0 Å². The predicted octanol–water partition coefficient (Wildman–Crippen LogP) is 1.83. The Bertz CT molecular complexity index is 832. The molecule has 25 heavy (non-hydrogen) atoms. The number of hydrogen-bond donors (Lipinski definition) is 0. The van der Waals surface area contributed by atoms with Crippen LogP contribution in [0.3, 0.4) is 0 Å². The first kappa shape index (κ1) is 17.5. The summed E-state index contributed by atoms with van der Waals surface area (Å²) < 4.78 is 37.6. The highest BCUT2D eigenvalue weighted by Crippen LogP contribution is 2.27. The van der Waals surface area contributed by atoms with Crippen molar-refractivity contribution in [3.63, 3.8) is 0 Å². The van der Waals surface area contributed by atoms with E-state index in [-0.39, 0.29) is 23.1 Å². The number of rotatable bonds is 4. The normalized spacial score (nSPS) is 16.4. The van der Waals surface area contributed by atoms with Gasteiger partial charge in [-0.15, -0.1) is 0 Å². The third-order valence-corrected chi connectivity index (χ3v) is 6.10. The van der Waals surface area contributed by atoms with E-state index in [0.29, 0.717) is 31.8 Å². The number of furan rings is 1. The van der Waals surface area contributed by atoms with Gasteiger partial charge in [0.05, 0.1) is 13.4 Å². The molecule has 0 aliphatic carbocycles. The van der Waals surface area contributed by atoms with E-state index in [1.807, 2.05) is 0 Å². The van der Waals surface area contributed by atoms with Crippen LogP contribution in [0.5, 0.6) is 5.75 Å². The van der Waals surface area contributed by atoms with Crippen LogP contribution in [0.4, 0.5) is 0 Å². The van der Waals surface area contributed by atoms with Crippen molar-refractivity contribution in [3.8, 4) is 5.75 Å². The number of carbonyl (C=O) groups is 1. The molecule has 8 heteroatoms. The quantitative estimate of drug-likeness (QED) is 0.827. The van der Waals surface area contributed by atoms with Crippen molar-refractivity contribution in [3.05, 3.63) is 48.4 Å². The maximum absolute atomic E-state index is 12.9. The van der Waals surface area contributed by atoms with Gasteiger partial charge in [0, 0.05) is 26.2 Å². The number of benzene rings is 1. The maximum Gasteiger partial charge on any atom is 0.289 e. The van der Waals surface area contributed by atoms with Crippen LogP contribution in [0.1, 0.15) is 17.0 Å². The van der Waals surface area contributed by atoms with Gasteiger partial charge in [-0.1, -0.05) is 12.1 Å². The summed E-state index contributed by atoms with van der Waals surface area (Å²) in [5.74, 6) is 0.359. The molecule has 0 radical (unpaired) electrons. The summed E-state index contributed by atoms with van der Waals surface area (Å²) in [6.07, 6.45) is 2.00. The van der Waals surface area contributed by atoms with Crippen molar-refractivity contribution in [2.45, 2.75) is 11.3 Å². The van der Waals surface area contributed by atoms with Crippen molar-refractivity contribution in [2.24, 2.45) is 0 Å². The topological polar surface area (TPSA) is 80.1 Å². The van der Waals surface area contributed by atoms with Crippen LogP contribution in [0, 0.1) is 0 Å². The molecular weight excluding hydrogens is 344 g/mol. The van der Waals surface area contributed by atoms with Crippen LogP contribution in [0.2, 0.25) is 0 Å². The van der Waals surface area contributed by atoms with E-state index in [4.69, 9.17) is 9.15 Å². The second kappa shape index (κ2) is 7.28. The van der Waals surface area contributed by atoms with Gasteiger partial charge in [-0.25, -0.2) is 8.42 Å². The van der Waals surface area contributed by atoms with Gasteiger partial charge >= 0.3 is 0 Å². The first-order valence-electron chi connectivity index (χ1n) is 8.00. The van der Waals surface area contributed by atoms with Crippen molar-refractivity contribution >= 4 is 15.9 Å². The molecular formula is C17H20N2O5S.